The zero-order valence-corrected chi connectivity index (χ0v) is 18.4. The maximum Gasteiger partial charge on any atom is 0.322 e. The topological polar surface area (TPSA) is 37.3 Å². The molecule has 4 nitrogen and oxygen atoms in total. The van der Waals surface area contributed by atoms with Gasteiger partial charge in [0.2, 0.25) is 0 Å². The standard InChI is InChI=1S/C26H31N3O/c1-5-19-8-14-22(15-9-19)27-25(30)29-18-17-28-16-6-7-23(28)24(29)20-10-12-21(13-11-20)26(2,3)4/h6-16,24H,5,17-18H2,1-4H3,(H,27,30)/t24-/m0/s1. The highest BCUT2D eigenvalue weighted by molar-refractivity contribution is 5.90. The molecule has 1 aromatic heterocycles. The number of aryl methyl sites for hydroxylation is 1. The Morgan fingerprint density at radius 3 is 2.33 bits per heavy atom. The van der Waals surface area contributed by atoms with Gasteiger partial charge >= 0.3 is 6.03 Å². The SMILES string of the molecule is CCc1ccc(NC(=O)N2CCn3cccc3[C@@H]2c2ccc(C(C)(C)C)cc2)cc1. The average Bonchev–Trinajstić information content (AvgIpc) is 3.22. The first-order valence-electron chi connectivity index (χ1n) is 10.8. The number of rotatable bonds is 3. The van der Waals surface area contributed by atoms with Gasteiger partial charge in [0.05, 0.1) is 6.04 Å². The molecule has 1 aliphatic rings. The molecular formula is C26H31N3O. The lowest BCUT2D eigenvalue weighted by Crippen LogP contribution is -2.44. The van der Waals surface area contributed by atoms with Crippen molar-refractivity contribution in [3.05, 3.63) is 89.2 Å². The summed E-state index contributed by atoms with van der Waals surface area (Å²) in [6, 6.07) is 20.9. The number of carbonyl (C=O) groups is 1. The smallest absolute Gasteiger partial charge is 0.322 e. The summed E-state index contributed by atoms with van der Waals surface area (Å²) in [6.45, 7) is 10.3. The van der Waals surface area contributed by atoms with Crippen molar-refractivity contribution in [3.8, 4) is 0 Å². The number of fused-ring (bicyclic) bond motifs is 1. The van der Waals surface area contributed by atoms with Crippen LogP contribution in [0.25, 0.3) is 0 Å². The molecule has 1 atom stereocenters. The first-order valence-corrected chi connectivity index (χ1v) is 10.8. The molecule has 0 saturated carbocycles. The third-order valence-electron chi connectivity index (χ3n) is 6.01. The predicted octanol–water partition coefficient (Wildman–Crippen LogP) is 5.99. The Kier molecular flexibility index (Phi) is 5.42. The summed E-state index contributed by atoms with van der Waals surface area (Å²) >= 11 is 0. The van der Waals surface area contributed by atoms with Crippen molar-refractivity contribution in [3.63, 3.8) is 0 Å². The van der Waals surface area contributed by atoms with Crippen molar-refractivity contribution in [2.24, 2.45) is 0 Å². The fraction of sp³-hybridized carbons (Fsp3) is 0.346. The largest absolute Gasteiger partial charge is 0.348 e. The predicted molar refractivity (Wildman–Crippen MR) is 123 cm³/mol. The van der Waals surface area contributed by atoms with E-state index >= 15 is 0 Å². The van der Waals surface area contributed by atoms with E-state index in [1.54, 1.807) is 0 Å². The number of nitrogens with one attached hydrogen (secondary N) is 1. The molecule has 1 N–H and O–H groups in total. The lowest BCUT2D eigenvalue weighted by atomic mass is 9.86. The van der Waals surface area contributed by atoms with Crippen molar-refractivity contribution in [2.45, 2.75) is 52.1 Å². The normalized spacial score (nSPS) is 16.3. The molecule has 0 fully saturated rings. The van der Waals surface area contributed by atoms with E-state index in [4.69, 9.17) is 0 Å². The van der Waals surface area contributed by atoms with Crippen LogP contribution in [-0.2, 0) is 18.4 Å². The van der Waals surface area contributed by atoms with Crippen molar-refractivity contribution < 1.29 is 4.79 Å². The van der Waals surface area contributed by atoms with Crippen LogP contribution in [-0.4, -0.2) is 22.0 Å². The fourth-order valence-corrected chi connectivity index (χ4v) is 4.14. The molecule has 156 valence electrons. The van der Waals surface area contributed by atoms with Crippen LogP contribution in [0.3, 0.4) is 0 Å². The summed E-state index contributed by atoms with van der Waals surface area (Å²) in [7, 11) is 0. The molecule has 0 unspecified atom stereocenters. The number of hydrogen-bond donors (Lipinski definition) is 1. The molecule has 0 bridgehead atoms. The third kappa shape index (κ3) is 4.00. The molecular weight excluding hydrogens is 370 g/mol. The lowest BCUT2D eigenvalue weighted by molar-refractivity contribution is 0.182. The van der Waals surface area contributed by atoms with Crippen LogP contribution >= 0.6 is 0 Å². The van der Waals surface area contributed by atoms with Crippen LogP contribution in [0.4, 0.5) is 10.5 Å². The second-order valence-corrected chi connectivity index (χ2v) is 9.08. The van der Waals surface area contributed by atoms with Gasteiger partial charge in [-0.05, 0) is 52.8 Å². The molecule has 4 rings (SSSR count). The first-order chi connectivity index (χ1) is 14.4. The number of nitrogens with zero attached hydrogens (tertiary/aromatic N) is 2. The number of amides is 2. The van der Waals surface area contributed by atoms with E-state index in [1.165, 1.54) is 11.1 Å². The number of anilines is 1. The Hall–Kier alpha value is -3.01. The number of urea groups is 1. The molecule has 0 spiro atoms. The minimum atomic E-state index is -0.0994. The molecule has 2 aromatic carbocycles. The van der Waals surface area contributed by atoms with Gasteiger partial charge in [-0.3, -0.25) is 0 Å². The van der Waals surface area contributed by atoms with E-state index in [0.29, 0.717) is 6.54 Å². The summed E-state index contributed by atoms with van der Waals surface area (Å²) in [5.74, 6) is 0. The number of benzene rings is 2. The van der Waals surface area contributed by atoms with Gasteiger partial charge in [-0.15, -0.1) is 0 Å². The molecule has 3 aromatic rings. The van der Waals surface area contributed by atoms with Gasteiger partial charge < -0.3 is 14.8 Å². The highest BCUT2D eigenvalue weighted by atomic mass is 16.2. The quantitative estimate of drug-likeness (QED) is 0.575. The van der Waals surface area contributed by atoms with Gasteiger partial charge in [-0.25, -0.2) is 4.79 Å². The number of carbonyl (C=O) groups excluding carboxylic acids is 1. The Morgan fingerprint density at radius 2 is 1.70 bits per heavy atom. The van der Waals surface area contributed by atoms with Gasteiger partial charge in [-0.1, -0.05) is 64.1 Å². The summed E-state index contributed by atoms with van der Waals surface area (Å²) in [5.41, 5.74) is 5.79. The van der Waals surface area contributed by atoms with Crippen molar-refractivity contribution >= 4 is 11.7 Å². The average molecular weight is 402 g/mol. The number of hydrogen-bond acceptors (Lipinski definition) is 1. The van der Waals surface area contributed by atoms with E-state index in [2.05, 4.69) is 92.3 Å². The maximum absolute atomic E-state index is 13.3. The minimum Gasteiger partial charge on any atom is -0.348 e. The number of aromatic nitrogens is 1. The van der Waals surface area contributed by atoms with Crippen molar-refractivity contribution in [1.29, 1.82) is 0 Å². The second-order valence-electron chi connectivity index (χ2n) is 9.08. The van der Waals surface area contributed by atoms with Crippen LogP contribution in [0, 0.1) is 0 Å². The maximum atomic E-state index is 13.3. The highest BCUT2D eigenvalue weighted by Gasteiger charge is 2.32. The monoisotopic (exact) mass is 401 g/mol. The lowest BCUT2D eigenvalue weighted by Gasteiger charge is -2.37. The fourth-order valence-electron chi connectivity index (χ4n) is 4.14. The Bertz CT molecular complexity index is 1010. The first kappa shape index (κ1) is 20.3. The third-order valence-corrected chi connectivity index (χ3v) is 6.01. The second kappa shape index (κ2) is 8.02. The summed E-state index contributed by atoms with van der Waals surface area (Å²) < 4.78 is 2.25. The molecule has 4 heteroatoms. The van der Waals surface area contributed by atoms with Crippen LogP contribution in [0.1, 0.15) is 56.1 Å². The minimum absolute atomic E-state index is 0.0587. The Morgan fingerprint density at radius 1 is 1.00 bits per heavy atom. The van der Waals surface area contributed by atoms with E-state index in [1.807, 2.05) is 17.0 Å². The van der Waals surface area contributed by atoms with Crippen LogP contribution < -0.4 is 5.32 Å². The van der Waals surface area contributed by atoms with Gasteiger partial charge in [-0.2, -0.15) is 0 Å². The van der Waals surface area contributed by atoms with E-state index in [0.717, 1.165) is 29.9 Å². The molecule has 2 heterocycles. The van der Waals surface area contributed by atoms with Gasteiger partial charge in [0, 0.05) is 30.7 Å². The van der Waals surface area contributed by atoms with Gasteiger partial charge in [0.25, 0.3) is 0 Å². The molecule has 2 amide bonds. The summed E-state index contributed by atoms with van der Waals surface area (Å²) in [4.78, 5) is 15.2. The Labute approximate surface area is 179 Å². The van der Waals surface area contributed by atoms with Crippen molar-refractivity contribution in [2.75, 3.05) is 11.9 Å². The van der Waals surface area contributed by atoms with Crippen molar-refractivity contribution in [1.82, 2.24) is 9.47 Å². The molecule has 30 heavy (non-hydrogen) atoms. The van der Waals surface area contributed by atoms with E-state index in [9.17, 15) is 4.79 Å². The van der Waals surface area contributed by atoms with Gasteiger partial charge in [0.1, 0.15) is 0 Å². The van der Waals surface area contributed by atoms with E-state index in [-0.39, 0.29) is 17.5 Å². The molecule has 1 aliphatic heterocycles. The van der Waals surface area contributed by atoms with Gasteiger partial charge in [0.15, 0.2) is 0 Å². The molecule has 0 aliphatic carbocycles. The highest BCUT2D eigenvalue weighted by Crippen LogP contribution is 2.34. The zero-order chi connectivity index (χ0) is 21.3. The Balaban J connectivity index is 1.63. The zero-order valence-electron chi connectivity index (χ0n) is 18.4. The van der Waals surface area contributed by atoms with Crippen LogP contribution in [0.2, 0.25) is 0 Å². The summed E-state index contributed by atoms with van der Waals surface area (Å²) in [6.07, 6.45) is 3.09. The van der Waals surface area contributed by atoms with Crippen LogP contribution in [0.15, 0.2) is 66.9 Å². The van der Waals surface area contributed by atoms with Crippen LogP contribution in [0.5, 0.6) is 0 Å². The molecule has 0 saturated heterocycles. The summed E-state index contributed by atoms with van der Waals surface area (Å²) in [5, 5.41) is 3.10. The molecule has 0 radical (unpaired) electrons. The van der Waals surface area contributed by atoms with E-state index < -0.39 is 0 Å².